The molecule has 0 saturated heterocycles. The summed E-state index contributed by atoms with van der Waals surface area (Å²) in [7, 11) is 0. The molecule has 4 heterocycles. The van der Waals surface area contributed by atoms with Crippen molar-refractivity contribution in [3.63, 3.8) is 0 Å². The third-order valence-electron chi connectivity index (χ3n) is 9.78. The number of pyridine rings is 1. The zero-order valence-electron chi connectivity index (χ0n) is 29.5. The van der Waals surface area contributed by atoms with E-state index in [-0.39, 0.29) is 0 Å². The van der Waals surface area contributed by atoms with Gasteiger partial charge in [0, 0.05) is 56.5 Å². The molecule has 6 aromatic carbocycles. The van der Waals surface area contributed by atoms with Crippen LogP contribution in [-0.4, -0.2) is 24.9 Å². The number of aromatic nitrogens is 5. The number of furan rings is 1. The summed E-state index contributed by atoms with van der Waals surface area (Å²) >= 11 is 0. The maximum absolute atomic E-state index is 6.21. The van der Waals surface area contributed by atoms with Gasteiger partial charge >= 0.3 is 0 Å². The van der Waals surface area contributed by atoms with Gasteiger partial charge in [-0.15, -0.1) is 0 Å². The average molecular weight is 706 g/mol. The smallest absolute Gasteiger partial charge is 0.160 e. The van der Waals surface area contributed by atoms with E-state index in [1.165, 1.54) is 0 Å². The molecule has 0 unspecified atom stereocenters. The lowest BCUT2D eigenvalue weighted by Gasteiger charge is -2.14. The monoisotopic (exact) mass is 705 g/mol. The molecule has 0 fully saturated rings. The molecule has 258 valence electrons. The Balaban J connectivity index is 1.23. The number of nitrogens with zero attached hydrogens (tertiary/aromatic N) is 5. The highest BCUT2D eigenvalue weighted by Gasteiger charge is 2.17. The second-order valence-electron chi connectivity index (χ2n) is 13.4. The summed E-state index contributed by atoms with van der Waals surface area (Å²) in [4.78, 5) is 25.2. The Bertz CT molecular complexity index is 2700. The van der Waals surface area contributed by atoms with Crippen molar-refractivity contribution in [3.8, 4) is 78.9 Å². The average Bonchev–Trinajstić information content (AvgIpc) is 3.65. The minimum atomic E-state index is 0.584. The lowest BCUT2D eigenvalue weighted by atomic mass is 9.97. The van der Waals surface area contributed by atoms with Gasteiger partial charge in [0.15, 0.2) is 11.6 Å². The molecule has 55 heavy (non-hydrogen) atoms. The molecular weight excluding hydrogens is 675 g/mol. The van der Waals surface area contributed by atoms with Crippen LogP contribution in [0.15, 0.2) is 193 Å². The Morgan fingerprint density at radius 2 is 0.782 bits per heavy atom. The molecule has 0 aliphatic heterocycles. The van der Waals surface area contributed by atoms with Crippen molar-refractivity contribution in [2.45, 2.75) is 0 Å². The molecule has 0 spiro atoms. The van der Waals surface area contributed by atoms with Gasteiger partial charge in [0.1, 0.15) is 11.2 Å². The molecule has 0 amide bonds. The lowest BCUT2D eigenvalue weighted by molar-refractivity contribution is 0.669. The molecule has 10 rings (SSSR count). The summed E-state index contributed by atoms with van der Waals surface area (Å²) in [6.07, 6.45) is 3.61. The van der Waals surface area contributed by atoms with Crippen LogP contribution in [0.1, 0.15) is 0 Å². The number of hydrogen-bond donors (Lipinski definition) is 0. The second kappa shape index (κ2) is 13.8. The van der Waals surface area contributed by atoms with Gasteiger partial charge in [0.05, 0.1) is 22.8 Å². The topological polar surface area (TPSA) is 77.6 Å². The zero-order chi connectivity index (χ0) is 36.6. The molecule has 4 aromatic heterocycles. The van der Waals surface area contributed by atoms with E-state index in [2.05, 4.69) is 83.8 Å². The van der Waals surface area contributed by atoms with Crippen LogP contribution in [0, 0.1) is 0 Å². The normalized spacial score (nSPS) is 11.3. The fraction of sp³-hybridized carbons (Fsp3) is 0. The molecule has 10 aromatic rings. The third-order valence-corrected chi connectivity index (χ3v) is 9.78. The van der Waals surface area contributed by atoms with Crippen LogP contribution in [0.3, 0.4) is 0 Å². The van der Waals surface area contributed by atoms with E-state index in [0.717, 1.165) is 89.2 Å². The Morgan fingerprint density at radius 3 is 1.33 bits per heavy atom. The first kappa shape index (κ1) is 32.1. The highest BCUT2D eigenvalue weighted by Crippen LogP contribution is 2.37. The van der Waals surface area contributed by atoms with Crippen molar-refractivity contribution in [1.82, 2.24) is 24.9 Å². The number of rotatable bonds is 7. The van der Waals surface area contributed by atoms with E-state index in [1.807, 2.05) is 103 Å². The number of hydrogen-bond acceptors (Lipinski definition) is 6. The van der Waals surface area contributed by atoms with Crippen LogP contribution in [0.25, 0.3) is 101 Å². The minimum absolute atomic E-state index is 0.584. The van der Waals surface area contributed by atoms with E-state index < -0.39 is 0 Å². The van der Waals surface area contributed by atoms with Crippen LogP contribution in [0.4, 0.5) is 0 Å². The quantitative estimate of drug-likeness (QED) is 0.164. The standard InChI is InChI=1S/C49H31N5O/c1-4-13-32(14-5-1)42-29-43(33-15-6-2-7-16-33)52-48(51-42)38-25-37(35-22-23-47-41(28-35)40-20-10-11-21-46(40)55-47)26-39(27-38)49-53-44(34-17-8-3-9-18-34)30-45(54-49)36-19-12-24-50-31-36/h1-31H. The predicted molar refractivity (Wildman–Crippen MR) is 221 cm³/mol. The first-order valence-electron chi connectivity index (χ1n) is 18.1. The van der Waals surface area contributed by atoms with Crippen molar-refractivity contribution in [3.05, 3.63) is 188 Å². The first-order valence-corrected chi connectivity index (χ1v) is 18.1. The fourth-order valence-electron chi connectivity index (χ4n) is 7.04. The van der Waals surface area contributed by atoms with Crippen molar-refractivity contribution in [2.75, 3.05) is 0 Å². The van der Waals surface area contributed by atoms with E-state index >= 15 is 0 Å². The van der Waals surface area contributed by atoms with Gasteiger partial charge < -0.3 is 4.42 Å². The van der Waals surface area contributed by atoms with Gasteiger partial charge in [-0.05, 0) is 71.8 Å². The SMILES string of the molecule is c1ccc(-c2cc(-c3ccccc3)nc(-c3cc(-c4ccc5oc6ccccc6c5c4)cc(-c4nc(-c5ccccc5)cc(-c5cccnc5)n4)c3)n2)cc1. The Kier molecular flexibility index (Phi) is 8.04. The third kappa shape index (κ3) is 6.32. The number of fused-ring (bicyclic) bond motifs is 3. The van der Waals surface area contributed by atoms with Crippen molar-refractivity contribution >= 4 is 21.9 Å². The molecule has 6 nitrogen and oxygen atoms in total. The molecule has 0 atom stereocenters. The van der Waals surface area contributed by atoms with Crippen molar-refractivity contribution in [1.29, 1.82) is 0 Å². The van der Waals surface area contributed by atoms with Gasteiger partial charge in [0.25, 0.3) is 0 Å². The Hall–Kier alpha value is -7.57. The van der Waals surface area contributed by atoms with Gasteiger partial charge in [-0.2, -0.15) is 0 Å². The molecule has 0 bridgehead atoms. The van der Waals surface area contributed by atoms with Gasteiger partial charge in [0.2, 0.25) is 0 Å². The number of benzene rings is 6. The largest absolute Gasteiger partial charge is 0.456 e. The summed E-state index contributed by atoms with van der Waals surface area (Å²) < 4.78 is 6.21. The lowest BCUT2D eigenvalue weighted by Crippen LogP contribution is -1.99. The summed E-state index contributed by atoms with van der Waals surface area (Å²) in [5, 5.41) is 2.12. The van der Waals surface area contributed by atoms with E-state index in [4.69, 9.17) is 24.4 Å². The van der Waals surface area contributed by atoms with Gasteiger partial charge in [-0.3, -0.25) is 4.98 Å². The van der Waals surface area contributed by atoms with E-state index in [9.17, 15) is 0 Å². The predicted octanol–water partition coefficient (Wildman–Crippen LogP) is 12.2. The fourth-order valence-corrected chi connectivity index (χ4v) is 7.04. The minimum Gasteiger partial charge on any atom is -0.456 e. The summed E-state index contributed by atoms with van der Waals surface area (Å²) in [6, 6.07) is 59.6. The van der Waals surface area contributed by atoms with Crippen LogP contribution in [0.5, 0.6) is 0 Å². The van der Waals surface area contributed by atoms with Crippen molar-refractivity contribution < 1.29 is 4.42 Å². The molecule has 0 aliphatic rings. The Morgan fingerprint density at radius 1 is 0.309 bits per heavy atom. The van der Waals surface area contributed by atoms with Crippen LogP contribution >= 0.6 is 0 Å². The molecular formula is C49H31N5O. The molecule has 0 aliphatic carbocycles. The zero-order valence-corrected chi connectivity index (χ0v) is 29.5. The molecule has 6 heteroatoms. The highest BCUT2D eigenvalue weighted by molar-refractivity contribution is 6.06. The van der Waals surface area contributed by atoms with E-state index in [1.54, 1.807) is 6.20 Å². The van der Waals surface area contributed by atoms with Gasteiger partial charge in [-0.25, -0.2) is 19.9 Å². The van der Waals surface area contributed by atoms with Crippen LogP contribution in [0.2, 0.25) is 0 Å². The first-order chi connectivity index (χ1) is 27.2. The maximum atomic E-state index is 6.21. The van der Waals surface area contributed by atoms with Crippen LogP contribution < -0.4 is 0 Å². The van der Waals surface area contributed by atoms with E-state index in [0.29, 0.717) is 11.6 Å². The Labute approximate surface area is 317 Å². The summed E-state index contributed by atoms with van der Waals surface area (Å²) in [5.74, 6) is 1.19. The second-order valence-corrected chi connectivity index (χ2v) is 13.4. The van der Waals surface area contributed by atoms with Crippen LogP contribution in [-0.2, 0) is 0 Å². The summed E-state index contributed by atoms with van der Waals surface area (Å²) in [5.41, 5.74) is 12.6. The maximum Gasteiger partial charge on any atom is 0.160 e. The summed E-state index contributed by atoms with van der Waals surface area (Å²) in [6.45, 7) is 0. The molecule has 0 N–H and O–H groups in total. The van der Waals surface area contributed by atoms with Crippen molar-refractivity contribution in [2.24, 2.45) is 0 Å². The van der Waals surface area contributed by atoms with Gasteiger partial charge in [-0.1, -0.05) is 115 Å². The number of para-hydroxylation sites is 1. The molecule has 0 saturated carbocycles. The molecule has 0 radical (unpaired) electrons. The highest BCUT2D eigenvalue weighted by atomic mass is 16.3.